The highest BCUT2D eigenvalue weighted by Gasteiger charge is 2.15. The van der Waals surface area contributed by atoms with Crippen molar-refractivity contribution in [3.63, 3.8) is 0 Å². The van der Waals surface area contributed by atoms with Crippen LogP contribution in [0.3, 0.4) is 0 Å². The molecule has 1 heterocycles. The SMILES string of the molecule is COc1ccc(NC(=O)C(C)Oc2ccc(-n3cnnn3)cc2)cc1Cl. The van der Waals surface area contributed by atoms with Gasteiger partial charge in [-0.05, 0) is 59.8 Å². The summed E-state index contributed by atoms with van der Waals surface area (Å²) >= 11 is 6.06. The molecular formula is C17H16ClN5O3. The summed E-state index contributed by atoms with van der Waals surface area (Å²) in [5, 5.41) is 14.1. The predicted octanol–water partition coefficient (Wildman–Crippen LogP) is 2.73. The van der Waals surface area contributed by atoms with E-state index >= 15 is 0 Å². The van der Waals surface area contributed by atoms with Crippen molar-refractivity contribution in [3.05, 3.63) is 53.8 Å². The Morgan fingerprint density at radius 3 is 2.62 bits per heavy atom. The van der Waals surface area contributed by atoms with E-state index in [2.05, 4.69) is 20.8 Å². The molecule has 134 valence electrons. The molecule has 0 aliphatic heterocycles. The average Bonchev–Trinajstić information content (AvgIpc) is 3.17. The molecular weight excluding hydrogens is 358 g/mol. The number of methoxy groups -OCH3 is 1. The number of aromatic nitrogens is 4. The number of ether oxygens (including phenoxy) is 2. The summed E-state index contributed by atoms with van der Waals surface area (Å²) in [4.78, 5) is 12.3. The van der Waals surface area contributed by atoms with Crippen LogP contribution in [0, 0.1) is 0 Å². The molecule has 0 radical (unpaired) electrons. The summed E-state index contributed by atoms with van der Waals surface area (Å²) in [6, 6.07) is 12.1. The lowest BCUT2D eigenvalue weighted by atomic mass is 10.2. The molecule has 0 saturated heterocycles. The number of carbonyl (C=O) groups is 1. The maximum Gasteiger partial charge on any atom is 0.265 e. The van der Waals surface area contributed by atoms with Crippen LogP contribution < -0.4 is 14.8 Å². The van der Waals surface area contributed by atoms with Crippen molar-refractivity contribution in [2.75, 3.05) is 12.4 Å². The minimum absolute atomic E-state index is 0.296. The zero-order chi connectivity index (χ0) is 18.5. The molecule has 3 rings (SSSR count). The fourth-order valence-electron chi connectivity index (χ4n) is 2.20. The van der Waals surface area contributed by atoms with E-state index in [4.69, 9.17) is 21.1 Å². The fourth-order valence-corrected chi connectivity index (χ4v) is 2.46. The third kappa shape index (κ3) is 4.09. The fraction of sp³-hybridized carbons (Fsp3) is 0.176. The van der Waals surface area contributed by atoms with Gasteiger partial charge in [-0.3, -0.25) is 4.79 Å². The van der Waals surface area contributed by atoms with Crippen LogP contribution in [-0.2, 0) is 4.79 Å². The summed E-state index contributed by atoms with van der Waals surface area (Å²) in [5.74, 6) is 0.796. The van der Waals surface area contributed by atoms with Gasteiger partial charge >= 0.3 is 0 Å². The topological polar surface area (TPSA) is 91.2 Å². The lowest BCUT2D eigenvalue weighted by molar-refractivity contribution is -0.122. The third-order valence-corrected chi connectivity index (χ3v) is 3.85. The Labute approximate surface area is 154 Å². The summed E-state index contributed by atoms with van der Waals surface area (Å²) < 4.78 is 12.3. The molecule has 0 saturated carbocycles. The lowest BCUT2D eigenvalue weighted by Gasteiger charge is -2.15. The first-order valence-electron chi connectivity index (χ1n) is 7.71. The largest absolute Gasteiger partial charge is 0.495 e. The lowest BCUT2D eigenvalue weighted by Crippen LogP contribution is -2.30. The van der Waals surface area contributed by atoms with Crippen LogP contribution in [0.25, 0.3) is 5.69 Å². The van der Waals surface area contributed by atoms with E-state index in [9.17, 15) is 4.79 Å². The standard InChI is InChI=1S/C17H16ClN5O3/c1-11(17(24)20-12-3-8-16(25-2)15(18)9-12)26-14-6-4-13(5-7-14)23-10-19-21-22-23/h3-11H,1-2H3,(H,20,24). The second-order valence-electron chi connectivity index (χ2n) is 5.35. The van der Waals surface area contributed by atoms with E-state index in [1.54, 1.807) is 49.4 Å². The van der Waals surface area contributed by atoms with Crippen LogP contribution in [0.5, 0.6) is 11.5 Å². The highest BCUT2D eigenvalue weighted by molar-refractivity contribution is 6.32. The smallest absolute Gasteiger partial charge is 0.265 e. The van der Waals surface area contributed by atoms with Crippen LogP contribution in [0.2, 0.25) is 5.02 Å². The summed E-state index contributed by atoms with van der Waals surface area (Å²) in [6.45, 7) is 1.66. The van der Waals surface area contributed by atoms with Crippen molar-refractivity contribution >= 4 is 23.2 Å². The maximum absolute atomic E-state index is 12.3. The first kappa shape index (κ1) is 17.7. The van der Waals surface area contributed by atoms with Crippen molar-refractivity contribution < 1.29 is 14.3 Å². The summed E-state index contributed by atoms with van der Waals surface area (Å²) in [7, 11) is 1.53. The highest BCUT2D eigenvalue weighted by atomic mass is 35.5. The van der Waals surface area contributed by atoms with Crippen molar-refractivity contribution in [2.45, 2.75) is 13.0 Å². The number of benzene rings is 2. The van der Waals surface area contributed by atoms with E-state index in [-0.39, 0.29) is 5.91 Å². The number of rotatable bonds is 6. The molecule has 1 unspecified atom stereocenters. The first-order valence-corrected chi connectivity index (χ1v) is 8.09. The van der Waals surface area contributed by atoms with Crippen LogP contribution in [0.1, 0.15) is 6.92 Å². The number of carbonyl (C=O) groups excluding carboxylic acids is 1. The number of hydrogen-bond acceptors (Lipinski definition) is 6. The molecule has 2 aromatic carbocycles. The number of amides is 1. The van der Waals surface area contributed by atoms with Gasteiger partial charge in [0, 0.05) is 5.69 Å². The minimum atomic E-state index is -0.699. The number of nitrogens with one attached hydrogen (secondary N) is 1. The number of nitrogens with zero attached hydrogens (tertiary/aromatic N) is 4. The monoisotopic (exact) mass is 373 g/mol. The molecule has 0 aliphatic carbocycles. The van der Waals surface area contributed by atoms with E-state index in [1.807, 2.05) is 0 Å². The van der Waals surface area contributed by atoms with Gasteiger partial charge in [-0.15, -0.1) is 5.10 Å². The zero-order valence-electron chi connectivity index (χ0n) is 14.1. The van der Waals surface area contributed by atoms with Crippen LogP contribution >= 0.6 is 11.6 Å². The quantitative estimate of drug-likeness (QED) is 0.714. The predicted molar refractivity (Wildman–Crippen MR) is 95.9 cm³/mol. The van der Waals surface area contributed by atoms with Gasteiger partial charge in [-0.2, -0.15) is 0 Å². The Hall–Kier alpha value is -3.13. The van der Waals surface area contributed by atoms with E-state index in [1.165, 1.54) is 18.1 Å². The molecule has 3 aromatic rings. The van der Waals surface area contributed by atoms with Gasteiger partial charge in [0.2, 0.25) is 0 Å². The molecule has 0 aliphatic rings. The Bertz CT molecular complexity index is 884. The van der Waals surface area contributed by atoms with Gasteiger partial charge in [-0.1, -0.05) is 11.6 Å². The molecule has 1 amide bonds. The number of halogens is 1. The molecule has 8 nitrogen and oxygen atoms in total. The Morgan fingerprint density at radius 2 is 2.00 bits per heavy atom. The van der Waals surface area contributed by atoms with Crippen molar-refractivity contribution in [2.24, 2.45) is 0 Å². The number of anilines is 1. The van der Waals surface area contributed by atoms with Gasteiger partial charge in [0.05, 0.1) is 17.8 Å². The van der Waals surface area contributed by atoms with Crippen molar-refractivity contribution in [1.29, 1.82) is 0 Å². The summed E-state index contributed by atoms with van der Waals surface area (Å²) in [6.07, 6.45) is 0.793. The first-order chi connectivity index (χ1) is 12.6. The Morgan fingerprint density at radius 1 is 1.23 bits per heavy atom. The molecule has 0 bridgehead atoms. The van der Waals surface area contributed by atoms with E-state index in [0.717, 1.165) is 5.69 Å². The molecule has 1 aromatic heterocycles. The van der Waals surface area contributed by atoms with Gasteiger partial charge in [0.25, 0.3) is 5.91 Å². The molecule has 1 N–H and O–H groups in total. The number of tetrazole rings is 1. The van der Waals surface area contributed by atoms with E-state index in [0.29, 0.717) is 22.2 Å². The summed E-state index contributed by atoms with van der Waals surface area (Å²) in [5.41, 5.74) is 1.35. The van der Waals surface area contributed by atoms with Gasteiger partial charge < -0.3 is 14.8 Å². The normalized spacial score (nSPS) is 11.7. The molecule has 9 heteroatoms. The van der Waals surface area contributed by atoms with Crippen molar-refractivity contribution in [3.8, 4) is 17.2 Å². The second-order valence-corrected chi connectivity index (χ2v) is 5.75. The van der Waals surface area contributed by atoms with Crippen molar-refractivity contribution in [1.82, 2.24) is 20.2 Å². The minimum Gasteiger partial charge on any atom is -0.495 e. The zero-order valence-corrected chi connectivity index (χ0v) is 14.8. The third-order valence-electron chi connectivity index (χ3n) is 3.55. The average molecular weight is 374 g/mol. The van der Waals surface area contributed by atoms with Gasteiger partial charge in [0.1, 0.15) is 17.8 Å². The van der Waals surface area contributed by atoms with E-state index < -0.39 is 6.10 Å². The molecule has 0 fully saturated rings. The van der Waals surface area contributed by atoms with Crippen LogP contribution in [0.4, 0.5) is 5.69 Å². The molecule has 1 atom stereocenters. The Balaban J connectivity index is 1.61. The highest BCUT2D eigenvalue weighted by Crippen LogP contribution is 2.27. The molecule has 26 heavy (non-hydrogen) atoms. The van der Waals surface area contributed by atoms with Gasteiger partial charge in [0.15, 0.2) is 6.10 Å². The maximum atomic E-state index is 12.3. The number of hydrogen-bond donors (Lipinski definition) is 1. The Kier molecular flexibility index (Phi) is 5.33. The second kappa shape index (κ2) is 7.83. The van der Waals surface area contributed by atoms with Crippen LogP contribution in [0.15, 0.2) is 48.8 Å². The molecule has 0 spiro atoms. The van der Waals surface area contributed by atoms with Crippen LogP contribution in [-0.4, -0.2) is 39.3 Å². The van der Waals surface area contributed by atoms with Gasteiger partial charge in [-0.25, -0.2) is 4.68 Å².